The van der Waals surface area contributed by atoms with E-state index in [1.165, 1.54) is 0 Å². The molecule has 0 radical (unpaired) electrons. The van der Waals surface area contributed by atoms with Gasteiger partial charge in [-0.1, -0.05) is 12.1 Å². The van der Waals surface area contributed by atoms with E-state index in [1.54, 1.807) is 38.1 Å². The average molecular weight is 443 g/mol. The standard InChI is InChI=1S/C20H30N2O5S2/c1-15(2)29(26,27)19-5-3-16(4-6-19)13-20(23)21-17-7-10-22(11-8-17)18-9-12-28(24,25)14-18/h3-6,15,17-18H,7-14H2,1-2H3,(H,21,23). The van der Waals surface area contributed by atoms with Gasteiger partial charge in [0, 0.05) is 25.2 Å². The molecule has 0 spiro atoms. The van der Waals surface area contributed by atoms with Crippen molar-refractivity contribution in [2.45, 2.75) is 61.8 Å². The highest BCUT2D eigenvalue weighted by atomic mass is 32.2. The molecule has 1 N–H and O–H groups in total. The molecule has 1 aromatic carbocycles. The Labute approximate surface area is 173 Å². The maximum Gasteiger partial charge on any atom is 0.224 e. The van der Waals surface area contributed by atoms with Gasteiger partial charge in [-0.25, -0.2) is 16.8 Å². The molecule has 0 bridgehead atoms. The minimum absolute atomic E-state index is 0.0774. The van der Waals surface area contributed by atoms with Gasteiger partial charge in [0.1, 0.15) is 0 Å². The number of carbonyl (C=O) groups excluding carboxylic acids is 1. The zero-order chi connectivity index (χ0) is 21.2. The van der Waals surface area contributed by atoms with E-state index in [9.17, 15) is 21.6 Å². The summed E-state index contributed by atoms with van der Waals surface area (Å²) in [5.41, 5.74) is 0.777. The molecule has 3 rings (SSSR count). The van der Waals surface area contributed by atoms with Crippen LogP contribution in [0.25, 0.3) is 0 Å². The van der Waals surface area contributed by atoms with Gasteiger partial charge in [-0.2, -0.15) is 0 Å². The Morgan fingerprint density at radius 1 is 1.14 bits per heavy atom. The molecule has 2 fully saturated rings. The van der Waals surface area contributed by atoms with E-state index in [1.807, 2.05) is 0 Å². The normalized spacial score (nSPS) is 23.3. The molecule has 0 aromatic heterocycles. The Morgan fingerprint density at radius 3 is 2.28 bits per heavy atom. The fourth-order valence-corrected chi connectivity index (χ4v) is 6.83. The first-order valence-corrected chi connectivity index (χ1v) is 13.5. The van der Waals surface area contributed by atoms with Crippen LogP contribution in [0.3, 0.4) is 0 Å². The number of sulfone groups is 2. The Kier molecular flexibility index (Phi) is 6.70. The number of carbonyl (C=O) groups is 1. The summed E-state index contributed by atoms with van der Waals surface area (Å²) in [6, 6.07) is 6.73. The van der Waals surface area contributed by atoms with E-state index in [2.05, 4.69) is 10.2 Å². The number of nitrogens with zero attached hydrogens (tertiary/aromatic N) is 1. The highest BCUT2D eigenvalue weighted by Gasteiger charge is 2.34. The van der Waals surface area contributed by atoms with E-state index in [0.29, 0.717) is 6.42 Å². The second-order valence-corrected chi connectivity index (χ2v) is 13.1. The van der Waals surface area contributed by atoms with Crippen LogP contribution in [-0.2, 0) is 30.9 Å². The smallest absolute Gasteiger partial charge is 0.224 e. The Balaban J connectivity index is 1.47. The largest absolute Gasteiger partial charge is 0.353 e. The molecule has 162 valence electrons. The first-order chi connectivity index (χ1) is 13.6. The van der Waals surface area contributed by atoms with Gasteiger partial charge in [-0.05, 0) is 50.8 Å². The number of amides is 1. The van der Waals surface area contributed by atoms with E-state index >= 15 is 0 Å². The highest BCUT2D eigenvalue weighted by Crippen LogP contribution is 2.22. The number of rotatable bonds is 6. The van der Waals surface area contributed by atoms with E-state index in [4.69, 9.17) is 0 Å². The van der Waals surface area contributed by atoms with Crippen LogP contribution in [0.15, 0.2) is 29.2 Å². The summed E-state index contributed by atoms with van der Waals surface area (Å²) in [5.74, 6) is 0.462. The van der Waals surface area contributed by atoms with Crippen molar-refractivity contribution in [1.29, 1.82) is 0 Å². The molecule has 9 heteroatoms. The summed E-state index contributed by atoms with van der Waals surface area (Å²) in [5, 5.41) is 2.58. The van der Waals surface area contributed by atoms with Crippen molar-refractivity contribution in [3.05, 3.63) is 29.8 Å². The predicted molar refractivity (Wildman–Crippen MR) is 112 cm³/mol. The van der Waals surface area contributed by atoms with Gasteiger partial charge < -0.3 is 5.32 Å². The van der Waals surface area contributed by atoms with Gasteiger partial charge in [0.25, 0.3) is 0 Å². The van der Waals surface area contributed by atoms with Crippen molar-refractivity contribution in [3.8, 4) is 0 Å². The van der Waals surface area contributed by atoms with Crippen molar-refractivity contribution < 1.29 is 21.6 Å². The lowest BCUT2D eigenvalue weighted by Gasteiger charge is -2.35. The molecule has 0 aliphatic carbocycles. The summed E-state index contributed by atoms with van der Waals surface area (Å²) in [6.45, 7) is 4.89. The van der Waals surface area contributed by atoms with Crippen molar-refractivity contribution in [3.63, 3.8) is 0 Å². The van der Waals surface area contributed by atoms with Crippen molar-refractivity contribution in [2.24, 2.45) is 0 Å². The third kappa shape index (κ3) is 5.58. The molecule has 1 atom stereocenters. The van der Waals surface area contributed by atoms with Crippen LogP contribution in [0.2, 0.25) is 0 Å². The molecule has 1 aromatic rings. The summed E-state index contributed by atoms with van der Waals surface area (Å²) in [6.07, 6.45) is 2.55. The van der Waals surface area contributed by atoms with Crippen LogP contribution in [0.1, 0.15) is 38.7 Å². The maximum absolute atomic E-state index is 12.4. The van der Waals surface area contributed by atoms with Crippen LogP contribution in [0.4, 0.5) is 0 Å². The molecule has 1 amide bonds. The Morgan fingerprint density at radius 2 is 1.76 bits per heavy atom. The summed E-state index contributed by atoms with van der Waals surface area (Å²) < 4.78 is 47.7. The third-order valence-corrected chi connectivity index (χ3v) is 9.78. The highest BCUT2D eigenvalue weighted by molar-refractivity contribution is 7.92. The number of benzene rings is 1. The first-order valence-electron chi connectivity index (χ1n) is 10.1. The fourth-order valence-electron chi connectivity index (χ4n) is 4.01. The lowest BCUT2D eigenvalue weighted by molar-refractivity contribution is -0.121. The van der Waals surface area contributed by atoms with Gasteiger partial charge >= 0.3 is 0 Å². The Hall–Kier alpha value is -1.45. The van der Waals surface area contributed by atoms with Crippen molar-refractivity contribution in [2.75, 3.05) is 24.6 Å². The second-order valence-electron chi connectivity index (χ2n) is 8.35. The Bertz CT molecular complexity index is 932. The van der Waals surface area contributed by atoms with Gasteiger partial charge in [-0.15, -0.1) is 0 Å². The lowest BCUT2D eigenvalue weighted by atomic mass is 10.0. The summed E-state index contributed by atoms with van der Waals surface area (Å²) >= 11 is 0. The number of nitrogens with one attached hydrogen (secondary N) is 1. The second kappa shape index (κ2) is 8.73. The molecular weight excluding hydrogens is 412 g/mol. The van der Waals surface area contributed by atoms with E-state index in [-0.39, 0.29) is 40.8 Å². The lowest BCUT2D eigenvalue weighted by Crippen LogP contribution is -2.48. The fraction of sp³-hybridized carbons (Fsp3) is 0.650. The third-order valence-electron chi connectivity index (χ3n) is 5.86. The van der Waals surface area contributed by atoms with Crippen molar-refractivity contribution >= 4 is 25.6 Å². The molecule has 2 saturated heterocycles. The monoisotopic (exact) mass is 442 g/mol. The molecular formula is C20H30N2O5S2. The van der Waals surface area contributed by atoms with E-state index in [0.717, 1.165) is 31.5 Å². The zero-order valence-electron chi connectivity index (χ0n) is 17.0. The summed E-state index contributed by atoms with van der Waals surface area (Å²) in [4.78, 5) is 14.9. The van der Waals surface area contributed by atoms with Crippen LogP contribution >= 0.6 is 0 Å². The molecule has 2 heterocycles. The van der Waals surface area contributed by atoms with Gasteiger partial charge in [0.2, 0.25) is 5.91 Å². The van der Waals surface area contributed by atoms with Crippen LogP contribution in [0.5, 0.6) is 0 Å². The molecule has 0 saturated carbocycles. The quantitative estimate of drug-likeness (QED) is 0.710. The minimum atomic E-state index is -3.31. The van der Waals surface area contributed by atoms with Gasteiger partial charge in [0.15, 0.2) is 19.7 Å². The maximum atomic E-state index is 12.4. The average Bonchev–Trinajstić information content (AvgIpc) is 3.02. The van der Waals surface area contributed by atoms with Gasteiger partial charge in [0.05, 0.1) is 28.1 Å². The van der Waals surface area contributed by atoms with Crippen molar-refractivity contribution in [1.82, 2.24) is 10.2 Å². The van der Waals surface area contributed by atoms with E-state index < -0.39 is 24.9 Å². The SMILES string of the molecule is CC(C)S(=O)(=O)c1ccc(CC(=O)NC2CCN(C3CCS(=O)(=O)C3)CC2)cc1. The number of hydrogen-bond acceptors (Lipinski definition) is 6. The van der Waals surface area contributed by atoms with Crippen LogP contribution < -0.4 is 5.32 Å². The van der Waals surface area contributed by atoms with Crippen LogP contribution in [-0.4, -0.2) is 69.6 Å². The predicted octanol–water partition coefficient (Wildman–Crippen LogP) is 1.18. The minimum Gasteiger partial charge on any atom is -0.353 e. The van der Waals surface area contributed by atoms with Crippen LogP contribution in [0, 0.1) is 0 Å². The topological polar surface area (TPSA) is 101 Å². The number of likely N-dealkylation sites (tertiary alicyclic amines) is 1. The molecule has 7 nitrogen and oxygen atoms in total. The molecule has 1 unspecified atom stereocenters. The number of piperidine rings is 1. The first kappa shape index (κ1) is 22.2. The zero-order valence-corrected chi connectivity index (χ0v) is 18.6. The molecule has 2 aliphatic heterocycles. The number of hydrogen-bond donors (Lipinski definition) is 1. The summed E-state index contributed by atoms with van der Waals surface area (Å²) in [7, 11) is -6.19. The molecule has 29 heavy (non-hydrogen) atoms. The van der Waals surface area contributed by atoms with Gasteiger partial charge in [-0.3, -0.25) is 9.69 Å². The molecule has 2 aliphatic rings.